The summed E-state index contributed by atoms with van der Waals surface area (Å²) in [5.74, 6) is -0.417. The van der Waals surface area contributed by atoms with Gasteiger partial charge in [0.1, 0.15) is 11.4 Å². The smallest absolute Gasteiger partial charge is 0.356 e. The molecule has 0 aliphatic carbocycles. The first kappa shape index (κ1) is 11.1. The van der Waals surface area contributed by atoms with Crippen molar-refractivity contribution in [3.8, 4) is 17.0 Å². The van der Waals surface area contributed by atoms with Crippen LogP contribution in [0.5, 0.6) is 5.75 Å². The van der Waals surface area contributed by atoms with Crippen LogP contribution in [0.15, 0.2) is 24.3 Å². The monoisotopic (exact) mass is 233 g/mol. The largest absolute Gasteiger partial charge is 0.497 e. The number of rotatable bonds is 3. The molecule has 17 heavy (non-hydrogen) atoms. The third-order valence-electron chi connectivity index (χ3n) is 2.37. The molecular weight excluding hydrogens is 222 g/mol. The molecule has 0 aliphatic heterocycles. The highest BCUT2D eigenvalue weighted by atomic mass is 16.5. The van der Waals surface area contributed by atoms with Crippen LogP contribution in [0, 0.1) is 0 Å². The van der Waals surface area contributed by atoms with E-state index in [1.54, 1.807) is 38.4 Å². The van der Waals surface area contributed by atoms with Gasteiger partial charge in [-0.1, -0.05) is 17.3 Å². The molecule has 1 N–H and O–H groups in total. The third-order valence-corrected chi connectivity index (χ3v) is 2.37. The number of carbonyl (C=O) groups is 1. The molecule has 1 heterocycles. The van der Waals surface area contributed by atoms with Gasteiger partial charge in [0.2, 0.25) is 0 Å². The van der Waals surface area contributed by atoms with Crippen LogP contribution in [0.4, 0.5) is 0 Å². The highest BCUT2D eigenvalue weighted by molar-refractivity contribution is 5.92. The third kappa shape index (κ3) is 1.96. The highest BCUT2D eigenvalue weighted by Gasteiger charge is 2.19. The van der Waals surface area contributed by atoms with E-state index in [2.05, 4.69) is 10.3 Å². The number of aryl methyl sites for hydroxylation is 1. The van der Waals surface area contributed by atoms with E-state index in [0.29, 0.717) is 17.0 Å². The number of nitrogens with zero attached hydrogens (tertiary/aromatic N) is 3. The molecule has 1 aromatic heterocycles. The molecule has 0 unspecified atom stereocenters. The Hall–Kier alpha value is -2.37. The predicted molar refractivity (Wildman–Crippen MR) is 60.0 cm³/mol. The minimum atomic E-state index is -1.06. The Labute approximate surface area is 97.4 Å². The van der Waals surface area contributed by atoms with E-state index in [9.17, 15) is 4.79 Å². The maximum Gasteiger partial charge on any atom is 0.356 e. The zero-order chi connectivity index (χ0) is 12.4. The first-order valence-electron chi connectivity index (χ1n) is 4.91. The normalized spacial score (nSPS) is 10.2. The molecule has 0 saturated heterocycles. The zero-order valence-electron chi connectivity index (χ0n) is 9.41. The summed E-state index contributed by atoms with van der Waals surface area (Å²) in [6, 6.07) is 7.03. The molecule has 0 aliphatic rings. The van der Waals surface area contributed by atoms with E-state index >= 15 is 0 Å². The number of benzene rings is 1. The van der Waals surface area contributed by atoms with Gasteiger partial charge in [0, 0.05) is 12.6 Å². The molecule has 0 saturated carbocycles. The summed E-state index contributed by atoms with van der Waals surface area (Å²) in [7, 11) is 3.09. The molecule has 0 fully saturated rings. The number of aromatic carboxylic acids is 1. The average molecular weight is 233 g/mol. The number of hydrogen-bond donors (Lipinski definition) is 1. The first-order valence-corrected chi connectivity index (χ1v) is 4.91. The number of ether oxygens (including phenoxy) is 1. The van der Waals surface area contributed by atoms with E-state index in [1.165, 1.54) is 4.68 Å². The summed E-state index contributed by atoms with van der Waals surface area (Å²) in [5, 5.41) is 16.7. The molecule has 0 amide bonds. The van der Waals surface area contributed by atoms with Gasteiger partial charge < -0.3 is 9.84 Å². The summed E-state index contributed by atoms with van der Waals surface area (Å²) < 4.78 is 6.31. The van der Waals surface area contributed by atoms with Crippen molar-refractivity contribution in [2.75, 3.05) is 7.11 Å². The van der Waals surface area contributed by atoms with E-state index in [4.69, 9.17) is 9.84 Å². The maximum absolute atomic E-state index is 11.1. The van der Waals surface area contributed by atoms with Gasteiger partial charge in [0.25, 0.3) is 0 Å². The summed E-state index contributed by atoms with van der Waals surface area (Å²) in [6.45, 7) is 0. The molecule has 2 aromatic rings. The minimum Gasteiger partial charge on any atom is -0.497 e. The quantitative estimate of drug-likeness (QED) is 0.861. The fourth-order valence-electron chi connectivity index (χ4n) is 1.56. The number of hydrogen-bond acceptors (Lipinski definition) is 4. The first-order chi connectivity index (χ1) is 8.13. The lowest BCUT2D eigenvalue weighted by atomic mass is 10.1. The van der Waals surface area contributed by atoms with Crippen molar-refractivity contribution in [3.05, 3.63) is 30.0 Å². The number of carboxylic acid groups (broad SMARTS) is 1. The van der Waals surface area contributed by atoms with Gasteiger partial charge in [-0.05, 0) is 12.1 Å². The van der Waals surface area contributed by atoms with Crippen molar-refractivity contribution in [2.24, 2.45) is 7.05 Å². The molecule has 0 radical (unpaired) electrons. The zero-order valence-corrected chi connectivity index (χ0v) is 9.41. The van der Waals surface area contributed by atoms with Crippen LogP contribution in [-0.2, 0) is 7.05 Å². The Bertz CT molecular complexity index is 563. The van der Waals surface area contributed by atoms with Crippen LogP contribution in [0.1, 0.15) is 10.5 Å². The van der Waals surface area contributed by atoms with Crippen molar-refractivity contribution in [2.45, 2.75) is 0 Å². The Morgan fingerprint density at radius 1 is 1.47 bits per heavy atom. The molecule has 6 heteroatoms. The fraction of sp³-hybridized carbons (Fsp3) is 0.182. The van der Waals surface area contributed by atoms with Crippen LogP contribution < -0.4 is 4.74 Å². The van der Waals surface area contributed by atoms with Crippen LogP contribution in [0.2, 0.25) is 0 Å². The molecule has 0 spiro atoms. The van der Waals surface area contributed by atoms with Crippen molar-refractivity contribution in [1.29, 1.82) is 0 Å². The van der Waals surface area contributed by atoms with Gasteiger partial charge in [-0.3, -0.25) is 0 Å². The second-order valence-corrected chi connectivity index (χ2v) is 3.45. The van der Waals surface area contributed by atoms with Crippen molar-refractivity contribution in [1.82, 2.24) is 15.0 Å². The molecule has 0 bridgehead atoms. The van der Waals surface area contributed by atoms with Crippen molar-refractivity contribution < 1.29 is 14.6 Å². The molecule has 2 rings (SSSR count). The summed E-state index contributed by atoms with van der Waals surface area (Å²) in [6.07, 6.45) is 0. The van der Waals surface area contributed by atoms with Crippen molar-refractivity contribution >= 4 is 5.97 Å². The topological polar surface area (TPSA) is 77.2 Å². The average Bonchev–Trinajstić information content (AvgIpc) is 2.71. The van der Waals surface area contributed by atoms with Gasteiger partial charge >= 0.3 is 5.97 Å². The van der Waals surface area contributed by atoms with Crippen LogP contribution in [0.3, 0.4) is 0 Å². The van der Waals surface area contributed by atoms with Gasteiger partial charge in [0.05, 0.1) is 7.11 Å². The predicted octanol–water partition coefficient (Wildman–Crippen LogP) is 1.19. The lowest BCUT2D eigenvalue weighted by Crippen LogP contribution is -2.06. The Kier molecular flexibility index (Phi) is 2.78. The van der Waals surface area contributed by atoms with E-state index in [1.807, 2.05) is 0 Å². The molecule has 0 atom stereocenters. The SMILES string of the molecule is COc1cccc(-c2nnn(C)c2C(=O)O)c1. The number of carboxylic acids is 1. The van der Waals surface area contributed by atoms with Gasteiger partial charge in [-0.25, -0.2) is 9.48 Å². The second-order valence-electron chi connectivity index (χ2n) is 3.45. The van der Waals surface area contributed by atoms with Crippen LogP contribution in [0.25, 0.3) is 11.3 Å². The molecule has 6 nitrogen and oxygen atoms in total. The van der Waals surface area contributed by atoms with Gasteiger partial charge in [0.15, 0.2) is 5.69 Å². The van der Waals surface area contributed by atoms with Crippen LogP contribution >= 0.6 is 0 Å². The molecule has 88 valence electrons. The fourth-order valence-corrected chi connectivity index (χ4v) is 1.56. The Balaban J connectivity index is 2.56. The van der Waals surface area contributed by atoms with Gasteiger partial charge in [-0.15, -0.1) is 5.10 Å². The van der Waals surface area contributed by atoms with E-state index < -0.39 is 5.97 Å². The minimum absolute atomic E-state index is 0.0539. The number of methoxy groups -OCH3 is 1. The summed E-state index contributed by atoms with van der Waals surface area (Å²) in [4.78, 5) is 11.1. The highest BCUT2D eigenvalue weighted by Crippen LogP contribution is 2.24. The number of aromatic nitrogens is 3. The van der Waals surface area contributed by atoms with Gasteiger partial charge in [-0.2, -0.15) is 0 Å². The standard InChI is InChI=1S/C11H11N3O3/c1-14-10(11(15)16)9(12-13-14)7-4-3-5-8(6-7)17-2/h3-6H,1-2H3,(H,15,16). The van der Waals surface area contributed by atoms with Crippen LogP contribution in [-0.4, -0.2) is 33.2 Å². The van der Waals surface area contributed by atoms with E-state index in [-0.39, 0.29) is 5.69 Å². The summed E-state index contributed by atoms with van der Waals surface area (Å²) >= 11 is 0. The second kappa shape index (κ2) is 4.25. The molecular formula is C11H11N3O3. The Morgan fingerprint density at radius 2 is 2.24 bits per heavy atom. The molecule has 1 aromatic carbocycles. The lowest BCUT2D eigenvalue weighted by molar-refractivity contribution is 0.0686. The Morgan fingerprint density at radius 3 is 2.88 bits per heavy atom. The van der Waals surface area contributed by atoms with E-state index in [0.717, 1.165) is 0 Å². The van der Waals surface area contributed by atoms with Crippen molar-refractivity contribution in [3.63, 3.8) is 0 Å². The lowest BCUT2D eigenvalue weighted by Gasteiger charge is -2.02. The summed E-state index contributed by atoms with van der Waals surface area (Å²) in [5.41, 5.74) is 1.05. The maximum atomic E-state index is 11.1.